The minimum atomic E-state index is -3.13. The summed E-state index contributed by atoms with van der Waals surface area (Å²) in [5, 5.41) is 15.6. The lowest BCUT2D eigenvalue weighted by Crippen LogP contribution is -2.59. The summed E-state index contributed by atoms with van der Waals surface area (Å²) in [6, 6.07) is 11.1. The summed E-state index contributed by atoms with van der Waals surface area (Å²) in [5.74, 6) is -3.31. The van der Waals surface area contributed by atoms with Crippen molar-refractivity contribution in [3.63, 3.8) is 0 Å². The number of hydrogen-bond acceptors (Lipinski definition) is 12. The quantitative estimate of drug-likeness (QED) is 0.166. The van der Waals surface area contributed by atoms with Crippen LogP contribution < -0.4 is 36.0 Å². The molecule has 5 fully saturated rings. The van der Waals surface area contributed by atoms with Crippen LogP contribution in [0.2, 0.25) is 5.02 Å². The first kappa shape index (κ1) is 40.2. The Morgan fingerprint density at radius 1 is 0.937 bits per heavy atom. The van der Waals surface area contributed by atoms with Crippen LogP contribution in [0.25, 0.3) is 21.8 Å². The number of halogens is 3. The summed E-state index contributed by atoms with van der Waals surface area (Å²) in [4.78, 5) is 54.6. The van der Waals surface area contributed by atoms with Crippen molar-refractivity contribution in [3.8, 4) is 5.75 Å². The maximum absolute atomic E-state index is 15.2. The Morgan fingerprint density at radius 3 is 2.46 bits per heavy atom. The number of imide groups is 1. The van der Waals surface area contributed by atoms with E-state index in [4.69, 9.17) is 26.4 Å². The number of carbonyl (C=O) groups is 2. The molecule has 3 aromatic heterocycles. The summed E-state index contributed by atoms with van der Waals surface area (Å²) in [7, 11) is 3.55. The van der Waals surface area contributed by atoms with Crippen LogP contribution in [0.5, 0.6) is 5.75 Å². The predicted octanol–water partition coefficient (Wildman–Crippen LogP) is 5.92. The molecule has 0 radical (unpaired) electrons. The first-order chi connectivity index (χ1) is 30.3. The van der Waals surface area contributed by atoms with Gasteiger partial charge in [-0.2, -0.15) is 10.1 Å². The lowest BCUT2D eigenvalue weighted by molar-refractivity contribution is -0.134. The number of fused-ring (bicyclic) bond motifs is 4. The predicted molar refractivity (Wildman–Crippen MR) is 237 cm³/mol. The number of piperazine rings is 1. The average molecular weight is 882 g/mol. The highest BCUT2D eigenvalue weighted by Crippen LogP contribution is 2.52. The second-order valence-corrected chi connectivity index (χ2v) is 19.0. The third-order valence-electron chi connectivity index (χ3n) is 14.7. The largest absolute Gasteiger partial charge is 0.480 e. The third kappa shape index (κ3) is 7.02. The van der Waals surface area contributed by atoms with Gasteiger partial charge in [0, 0.05) is 82.3 Å². The van der Waals surface area contributed by atoms with Gasteiger partial charge in [0.25, 0.3) is 5.56 Å². The number of hydrogen-bond donors (Lipinski definition) is 3. The number of rotatable bonds is 7. The van der Waals surface area contributed by atoms with Crippen molar-refractivity contribution in [1.29, 1.82) is 0 Å². The molecular weight excluding hydrogens is 832 g/mol. The molecular formula is C45H50ClF2N11O4. The van der Waals surface area contributed by atoms with Crippen molar-refractivity contribution in [2.75, 3.05) is 66.3 Å². The molecule has 6 aliphatic rings. The highest BCUT2D eigenvalue weighted by atomic mass is 35.5. The number of aromatic nitrogens is 5. The van der Waals surface area contributed by atoms with Gasteiger partial charge in [-0.05, 0) is 80.5 Å². The number of para-hydroxylation sites is 1. The minimum Gasteiger partial charge on any atom is -0.480 e. The Kier molecular flexibility index (Phi) is 9.60. The summed E-state index contributed by atoms with van der Waals surface area (Å²) in [5.41, 5.74) is 4.22. The van der Waals surface area contributed by atoms with Crippen molar-refractivity contribution in [3.05, 3.63) is 63.7 Å². The molecule has 2 aromatic carbocycles. The average Bonchev–Trinajstić information content (AvgIpc) is 4.07. The molecule has 4 aliphatic heterocycles. The van der Waals surface area contributed by atoms with E-state index in [1.807, 2.05) is 36.0 Å². The van der Waals surface area contributed by atoms with Gasteiger partial charge in [0.2, 0.25) is 23.5 Å². The number of ether oxygens (including phenoxy) is 1. The Morgan fingerprint density at radius 2 is 1.71 bits per heavy atom. The van der Waals surface area contributed by atoms with Crippen LogP contribution in [0.4, 0.5) is 37.6 Å². The summed E-state index contributed by atoms with van der Waals surface area (Å²) in [6.07, 6.45) is 8.28. The summed E-state index contributed by atoms with van der Waals surface area (Å²) < 4.78 is 39.2. The van der Waals surface area contributed by atoms with Crippen molar-refractivity contribution < 1.29 is 23.1 Å². The molecule has 2 aliphatic carbocycles. The normalized spacial score (nSPS) is 23.8. The molecule has 7 heterocycles. The Labute approximate surface area is 367 Å². The van der Waals surface area contributed by atoms with E-state index in [1.165, 1.54) is 17.4 Å². The third-order valence-corrected chi connectivity index (χ3v) is 14.9. The summed E-state index contributed by atoms with van der Waals surface area (Å²) in [6.45, 7) is 4.60. The fraction of sp³-hybridized carbons (Fsp3) is 0.511. The van der Waals surface area contributed by atoms with Crippen LogP contribution in [0, 0.1) is 11.3 Å². The number of anilines is 5. The molecule has 2 amide bonds. The first-order valence-electron chi connectivity index (χ1n) is 22.1. The molecule has 1 spiro atoms. The van der Waals surface area contributed by atoms with Crippen LogP contribution in [-0.4, -0.2) is 105 Å². The van der Waals surface area contributed by atoms with E-state index in [0.717, 1.165) is 74.4 Å². The van der Waals surface area contributed by atoms with Crippen LogP contribution in [-0.2, 0) is 23.7 Å². The molecule has 18 heteroatoms. The fourth-order valence-electron chi connectivity index (χ4n) is 10.9. The molecule has 15 nitrogen and oxygen atoms in total. The van der Waals surface area contributed by atoms with Crippen LogP contribution >= 0.6 is 11.6 Å². The van der Waals surface area contributed by atoms with Crippen LogP contribution in [0.3, 0.4) is 0 Å². The van der Waals surface area contributed by atoms with Crippen LogP contribution in [0.15, 0.2) is 47.4 Å². The molecule has 11 rings (SSSR count). The molecule has 2 atom stereocenters. The smallest absolute Gasteiger partial charge is 0.301 e. The number of amides is 2. The molecule has 330 valence electrons. The van der Waals surface area contributed by atoms with Gasteiger partial charge in [-0.3, -0.25) is 29.3 Å². The number of nitrogens with one attached hydrogen (secondary N) is 3. The van der Waals surface area contributed by atoms with Crippen LogP contribution in [0.1, 0.15) is 63.0 Å². The molecule has 63 heavy (non-hydrogen) atoms. The second kappa shape index (κ2) is 15.0. The van der Waals surface area contributed by atoms with E-state index in [1.54, 1.807) is 19.3 Å². The Hall–Kier alpha value is -5.55. The van der Waals surface area contributed by atoms with E-state index >= 15 is 8.78 Å². The van der Waals surface area contributed by atoms with E-state index in [0.29, 0.717) is 70.5 Å². The standard InChI is InChI=1S/C45H50ClF2N11O4/c1-55-32-10-8-26(20-30(32)36-38(42(55)62)63-24-45(47,48)39(52-36)25-6-7-25)50-40-31(46)23-49-43(53-40)59-14-12-44(13-15-59)21-27(22-44)57-16-18-58(19-17-57)33-5-3-4-28-35(54-56(2)37(28)33)29-9-11-34(60)51-41(29)61/h3-5,8,10,20,23,25,27,29,39,52H,6-7,9,11-19,21-22,24H2,1-2H3,(H,49,50,53)(H,51,60,61)/t29?,39-/m0/s1. The maximum atomic E-state index is 15.2. The Balaban J connectivity index is 0.725. The number of pyridine rings is 1. The fourth-order valence-corrected chi connectivity index (χ4v) is 11.1. The number of carbonyl (C=O) groups excluding carboxylic acids is 2. The number of alkyl halides is 2. The zero-order valence-electron chi connectivity index (χ0n) is 35.3. The SMILES string of the molecule is Cn1nc(C2CCC(=O)NC2=O)c2cccc(N3CCN(C4CC5(CCN(c6ncc(Cl)c(Nc7ccc8c(c7)c7c(c(=O)n8C)OCC(F)(F)[C@H](C8CC8)N7)n6)CC5)C4)CC3)c21. The minimum absolute atomic E-state index is 0.102. The van der Waals surface area contributed by atoms with Crippen molar-refractivity contribution in [2.45, 2.75) is 75.3 Å². The Bertz CT molecular complexity index is 2730. The number of aryl methyl sites for hydroxylation is 2. The molecule has 2 saturated carbocycles. The van der Waals surface area contributed by atoms with Crippen molar-refractivity contribution in [2.24, 2.45) is 25.4 Å². The van der Waals surface area contributed by atoms with Gasteiger partial charge in [-0.1, -0.05) is 23.7 Å². The van der Waals surface area contributed by atoms with Gasteiger partial charge >= 0.3 is 5.92 Å². The summed E-state index contributed by atoms with van der Waals surface area (Å²) >= 11 is 6.66. The molecule has 1 unspecified atom stereocenters. The zero-order chi connectivity index (χ0) is 43.4. The van der Waals surface area contributed by atoms with Gasteiger partial charge in [0.1, 0.15) is 5.02 Å². The van der Waals surface area contributed by atoms with Gasteiger partial charge in [-0.15, -0.1) is 0 Å². The van der Waals surface area contributed by atoms with E-state index in [2.05, 4.69) is 41.7 Å². The van der Waals surface area contributed by atoms with Gasteiger partial charge in [-0.25, -0.2) is 13.8 Å². The van der Waals surface area contributed by atoms with Gasteiger partial charge < -0.3 is 29.7 Å². The van der Waals surface area contributed by atoms with E-state index < -0.39 is 30.0 Å². The maximum Gasteiger partial charge on any atom is 0.301 e. The first-order valence-corrected chi connectivity index (χ1v) is 22.5. The molecule has 5 aromatic rings. The lowest BCUT2D eigenvalue weighted by Gasteiger charge is -2.56. The highest BCUT2D eigenvalue weighted by molar-refractivity contribution is 6.33. The number of benzene rings is 2. The van der Waals surface area contributed by atoms with E-state index in [-0.39, 0.29) is 29.2 Å². The highest BCUT2D eigenvalue weighted by Gasteiger charge is 2.51. The van der Waals surface area contributed by atoms with Gasteiger partial charge in [0.05, 0.1) is 46.3 Å². The van der Waals surface area contributed by atoms with Gasteiger partial charge in [0.15, 0.2) is 12.4 Å². The topological polar surface area (TPSA) is 155 Å². The molecule has 0 bridgehead atoms. The van der Waals surface area contributed by atoms with E-state index in [9.17, 15) is 14.4 Å². The molecule has 3 N–H and O–H groups in total. The van der Waals surface area contributed by atoms with Crippen molar-refractivity contribution >= 4 is 74.0 Å². The van der Waals surface area contributed by atoms with Crippen molar-refractivity contribution in [1.82, 2.24) is 34.5 Å². The number of nitrogens with zero attached hydrogens (tertiary/aromatic N) is 8. The monoisotopic (exact) mass is 881 g/mol. The molecule has 3 saturated heterocycles. The lowest BCUT2D eigenvalue weighted by atomic mass is 9.60. The number of piperidine rings is 2. The second-order valence-electron chi connectivity index (χ2n) is 18.6. The zero-order valence-corrected chi connectivity index (χ0v) is 36.1.